The summed E-state index contributed by atoms with van der Waals surface area (Å²) >= 11 is 1.31. The van der Waals surface area contributed by atoms with E-state index in [1.807, 2.05) is 18.2 Å². The van der Waals surface area contributed by atoms with E-state index in [2.05, 4.69) is 25.2 Å². The van der Waals surface area contributed by atoms with E-state index in [1.54, 1.807) is 12.5 Å². The van der Waals surface area contributed by atoms with Crippen LogP contribution in [0, 0.1) is 0 Å². The normalized spacial score (nSPS) is 30.7. The Balaban J connectivity index is 1.77. The Morgan fingerprint density at radius 2 is 1.97 bits per heavy atom. The molecule has 3 N–H and O–H groups in total. The lowest BCUT2D eigenvalue weighted by atomic mass is 9.80. The predicted octanol–water partition coefficient (Wildman–Crippen LogP) is 3.81. The number of thioether (sulfide) groups is 1. The zero-order chi connectivity index (χ0) is 22.7. The highest BCUT2D eigenvalue weighted by Crippen LogP contribution is 2.42. The molecule has 6 nitrogen and oxygen atoms in total. The maximum Gasteiger partial charge on any atom is 0.150 e. The van der Waals surface area contributed by atoms with Crippen molar-refractivity contribution < 1.29 is 29.5 Å². The first-order valence-corrected chi connectivity index (χ1v) is 12.2. The topological polar surface area (TPSA) is 88.4 Å². The van der Waals surface area contributed by atoms with E-state index in [0.29, 0.717) is 5.76 Å². The molecule has 0 bridgehead atoms. The van der Waals surface area contributed by atoms with Crippen LogP contribution in [-0.4, -0.2) is 45.3 Å². The molecule has 3 aliphatic rings. The van der Waals surface area contributed by atoms with Gasteiger partial charge in [-0.1, -0.05) is 48.9 Å². The van der Waals surface area contributed by atoms with Gasteiger partial charge in [0, 0.05) is 0 Å². The van der Waals surface area contributed by atoms with Crippen LogP contribution in [0.2, 0.25) is 0 Å². The summed E-state index contributed by atoms with van der Waals surface area (Å²) in [6.07, 6.45) is 11.1. The first kappa shape index (κ1) is 23.1. The van der Waals surface area contributed by atoms with Crippen molar-refractivity contribution in [3.8, 4) is 0 Å². The van der Waals surface area contributed by atoms with Crippen molar-refractivity contribution in [3.63, 3.8) is 0 Å². The molecule has 1 unspecified atom stereocenters. The third kappa shape index (κ3) is 4.54. The van der Waals surface area contributed by atoms with Crippen LogP contribution in [-0.2, 0) is 20.6 Å². The Labute approximate surface area is 192 Å². The molecule has 1 saturated heterocycles. The van der Waals surface area contributed by atoms with Crippen LogP contribution in [0.1, 0.15) is 48.5 Å². The van der Waals surface area contributed by atoms with Gasteiger partial charge in [0.2, 0.25) is 0 Å². The fraction of sp³-hybridized carbons (Fsp3) is 0.440. The highest BCUT2D eigenvalue weighted by atomic mass is 32.2. The van der Waals surface area contributed by atoms with E-state index >= 15 is 0 Å². The smallest absolute Gasteiger partial charge is 0.150 e. The minimum Gasteiger partial charge on any atom is -0.466 e. The molecule has 4 rings (SSSR count). The maximum atomic E-state index is 10.7. The van der Waals surface area contributed by atoms with Gasteiger partial charge in [0.15, 0.2) is 0 Å². The lowest BCUT2D eigenvalue weighted by molar-refractivity contribution is -0.200. The van der Waals surface area contributed by atoms with Crippen molar-refractivity contribution in [3.05, 3.63) is 83.2 Å². The van der Waals surface area contributed by atoms with Crippen LogP contribution < -0.4 is 0 Å². The number of hydrogen-bond donors (Lipinski definition) is 3. The third-order valence-electron chi connectivity index (χ3n) is 6.22. The predicted molar refractivity (Wildman–Crippen MR) is 124 cm³/mol. The van der Waals surface area contributed by atoms with E-state index in [4.69, 9.17) is 14.2 Å². The zero-order valence-corrected chi connectivity index (χ0v) is 19.1. The Morgan fingerprint density at radius 1 is 1.12 bits per heavy atom. The number of hydrogen-bond acceptors (Lipinski definition) is 7. The Bertz CT molecular complexity index is 934. The van der Waals surface area contributed by atoms with Crippen molar-refractivity contribution in [2.45, 2.75) is 62.0 Å². The van der Waals surface area contributed by atoms with E-state index in [1.165, 1.54) is 29.9 Å². The molecular formula is C25H30O6S. The highest BCUT2D eigenvalue weighted by molar-refractivity contribution is 7.99. The van der Waals surface area contributed by atoms with Gasteiger partial charge in [-0.05, 0) is 42.2 Å². The van der Waals surface area contributed by atoms with Crippen LogP contribution >= 0.6 is 11.8 Å². The number of aryl methyl sites for hydroxylation is 1. The number of ether oxygens (including phenoxy) is 3. The number of aliphatic hydroxyl groups excluding tert-OH is 3. The van der Waals surface area contributed by atoms with Crippen LogP contribution in [0.3, 0.4) is 0 Å². The summed E-state index contributed by atoms with van der Waals surface area (Å²) < 4.78 is 17.3. The second-order valence-corrected chi connectivity index (χ2v) is 9.07. The molecule has 172 valence electrons. The van der Waals surface area contributed by atoms with Gasteiger partial charge in [-0.2, -0.15) is 0 Å². The van der Waals surface area contributed by atoms with Crippen LogP contribution in [0.5, 0.6) is 0 Å². The summed E-state index contributed by atoms with van der Waals surface area (Å²) in [4.78, 5) is 0. The molecule has 0 amide bonds. The molecule has 0 saturated carbocycles. The first-order valence-electron chi connectivity index (χ1n) is 10.9. The SMILES string of the molecule is CCc1ccc([C@@H]2O[C@H](SC)[C@@H](O)[C@H](O)[C@H]2O)cc1C(C1=CC=CCC1)C1=COC=CO1. The van der Waals surface area contributed by atoms with Crippen molar-refractivity contribution in [1.82, 2.24) is 0 Å². The van der Waals surface area contributed by atoms with E-state index in [9.17, 15) is 15.3 Å². The van der Waals surface area contributed by atoms with Gasteiger partial charge in [0.25, 0.3) is 0 Å². The second-order valence-electron chi connectivity index (χ2n) is 8.13. The van der Waals surface area contributed by atoms with E-state index in [0.717, 1.165) is 36.0 Å². The Hall–Kier alpha value is -2.03. The van der Waals surface area contributed by atoms with E-state index in [-0.39, 0.29) is 5.92 Å². The van der Waals surface area contributed by atoms with Gasteiger partial charge in [-0.15, -0.1) is 11.8 Å². The Morgan fingerprint density at radius 3 is 2.62 bits per heavy atom. The molecule has 1 fully saturated rings. The Kier molecular flexibility index (Phi) is 7.43. The molecule has 7 heteroatoms. The van der Waals surface area contributed by atoms with Crippen molar-refractivity contribution in [2.24, 2.45) is 0 Å². The molecule has 1 aromatic rings. The number of rotatable bonds is 6. The van der Waals surface area contributed by atoms with Gasteiger partial charge in [-0.25, -0.2) is 0 Å². The van der Waals surface area contributed by atoms with Crippen LogP contribution in [0.4, 0.5) is 0 Å². The van der Waals surface area contributed by atoms with Crippen LogP contribution in [0.25, 0.3) is 0 Å². The van der Waals surface area contributed by atoms with Gasteiger partial charge < -0.3 is 29.5 Å². The average Bonchev–Trinajstić information content (AvgIpc) is 2.84. The quantitative estimate of drug-likeness (QED) is 0.597. The minimum absolute atomic E-state index is 0.146. The highest BCUT2D eigenvalue weighted by Gasteiger charge is 2.44. The number of benzene rings is 1. The second kappa shape index (κ2) is 10.3. The molecule has 2 aliphatic heterocycles. The minimum atomic E-state index is -1.29. The molecule has 0 spiro atoms. The van der Waals surface area contributed by atoms with Gasteiger partial charge >= 0.3 is 0 Å². The number of allylic oxidation sites excluding steroid dienone is 4. The fourth-order valence-corrected chi connectivity index (χ4v) is 5.18. The lowest BCUT2D eigenvalue weighted by Crippen LogP contribution is -2.52. The van der Waals surface area contributed by atoms with Gasteiger partial charge in [-0.3, -0.25) is 0 Å². The third-order valence-corrected chi connectivity index (χ3v) is 7.07. The molecule has 0 radical (unpaired) electrons. The lowest BCUT2D eigenvalue weighted by Gasteiger charge is -2.40. The fourth-order valence-electron chi connectivity index (χ4n) is 4.51. The first-order chi connectivity index (χ1) is 15.5. The maximum absolute atomic E-state index is 10.7. The zero-order valence-electron chi connectivity index (χ0n) is 18.3. The molecule has 1 aliphatic carbocycles. The summed E-state index contributed by atoms with van der Waals surface area (Å²) in [6, 6.07) is 6.00. The monoisotopic (exact) mass is 458 g/mol. The van der Waals surface area contributed by atoms with E-state index < -0.39 is 29.9 Å². The number of aliphatic hydroxyl groups is 3. The molecule has 0 aromatic heterocycles. The molecule has 1 aromatic carbocycles. The summed E-state index contributed by atoms with van der Waals surface area (Å²) in [5.74, 6) is 0.552. The van der Waals surface area contributed by atoms with Crippen LogP contribution in [0.15, 0.2) is 66.5 Å². The molecular weight excluding hydrogens is 428 g/mol. The summed E-state index contributed by atoms with van der Waals surface area (Å²) in [5, 5.41) is 31.3. The standard InChI is InChI=1S/C25H30O6S/c1-3-15-9-10-17(24-22(27)21(26)23(28)25(31-24)32-2)13-18(15)20(16-7-5-4-6-8-16)19-14-29-11-12-30-19/h4-5,7,9-14,20-28H,3,6,8H2,1-2H3/t20?,21-,22-,23+,24+,25-/m1/s1. The summed E-state index contributed by atoms with van der Waals surface area (Å²) in [5.41, 5.74) is 3.54. The van der Waals surface area contributed by atoms with Crippen molar-refractivity contribution >= 4 is 11.8 Å². The average molecular weight is 459 g/mol. The van der Waals surface area contributed by atoms with Gasteiger partial charge in [0.05, 0.1) is 5.92 Å². The van der Waals surface area contributed by atoms with Crippen molar-refractivity contribution in [1.29, 1.82) is 0 Å². The largest absolute Gasteiger partial charge is 0.466 e. The molecule has 32 heavy (non-hydrogen) atoms. The summed E-state index contributed by atoms with van der Waals surface area (Å²) in [6.45, 7) is 2.10. The van der Waals surface area contributed by atoms with Crippen molar-refractivity contribution in [2.75, 3.05) is 6.26 Å². The molecule has 6 atom stereocenters. The van der Waals surface area contributed by atoms with Gasteiger partial charge in [0.1, 0.15) is 54.4 Å². The summed E-state index contributed by atoms with van der Waals surface area (Å²) in [7, 11) is 0. The molecule has 2 heterocycles.